The van der Waals surface area contributed by atoms with Crippen LogP contribution in [-0.4, -0.2) is 28.0 Å². The van der Waals surface area contributed by atoms with Crippen molar-refractivity contribution in [2.75, 3.05) is 0 Å². The van der Waals surface area contributed by atoms with E-state index in [0.29, 0.717) is 12.8 Å². The number of hydrogen-bond acceptors (Lipinski definition) is 3. The number of carboxylic acid groups (broad SMARTS) is 1. The molecule has 0 aliphatic heterocycles. The van der Waals surface area contributed by atoms with Gasteiger partial charge in [0, 0.05) is 24.4 Å². The average Bonchev–Trinajstić information content (AvgIpc) is 2.35. The van der Waals surface area contributed by atoms with Crippen LogP contribution in [0.3, 0.4) is 0 Å². The molecule has 1 aromatic heterocycles. The number of carboxylic acids is 1. The first-order chi connectivity index (χ1) is 9.29. The second kappa shape index (κ2) is 7.03. The summed E-state index contributed by atoms with van der Waals surface area (Å²) in [5.41, 5.74) is 0.562. The largest absolute Gasteiger partial charge is 0.481 e. The fourth-order valence-electron chi connectivity index (χ4n) is 1.80. The van der Waals surface area contributed by atoms with E-state index in [1.165, 1.54) is 0 Å². The molecule has 1 rings (SSSR count). The van der Waals surface area contributed by atoms with Gasteiger partial charge in [-0.1, -0.05) is 26.8 Å². The van der Waals surface area contributed by atoms with E-state index in [1.807, 2.05) is 39.0 Å². The van der Waals surface area contributed by atoms with Gasteiger partial charge in [0.1, 0.15) is 0 Å². The third kappa shape index (κ3) is 5.82. The van der Waals surface area contributed by atoms with Crippen LogP contribution in [0.25, 0.3) is 0 Å². The Morgan fingerprint density at radius 2 is 2.05 bits per heavy atom. The van der Waals surface area contributed by atoms with Crippen molar-refractivity contribution in [1.82, 2.24) is 10.3 Å². The van der Waals surface area contributed by atoms with Gasteiger partial charge in [0.25, 0.3) is 0 Å². The van der Waals surface area contributed by atoms with Crippen molar-refractivity contribution in [2.45, 2.75) is 46.1 Å². The Morgan fingerprint density at radius 1 is 1.35 bits per heavy atom. The lowest BCUT2D eigenvalue weighted by Crippen LogP contribution is -2.45. The Labute approximate surface area is 119 Å². The molecule has 2 N–H and O–H groups in total. The zero-order chi connectivity index (χ0) is 15.2. The van der Waals surface area contributed by atoms with E-state index in [2.05, 4.69) is 10.3 Å². The number of aromatic nitrogens is 1. The topological polar surface area (TPSA) is 79.3 Å². The SMILES string of the molecule is CC(C)(C)C(CC(=O)O)NC(=O)CCc1ccccn1. The zero-order valence-electron chi connectivity index (χ0n) is 12.2. The number of aliphatic carboxylic acids is 1. The van der Waals surface area contributed by atoms with E-state index in [0.717, 1.165) is 5.69 Å². The smallest absolute Gasteiger partial charge is 0.305 e. The number of carbonyl (C=O) groups is 2. The van der Waals surface area contributed by atoms with Crippen LogP contribution in [0.4, 0.5) is 0 Å². The molecule has 0 bridgehead atoms. The molecule has 0 aliphatic rings. The quantitative estimate of drug-likeness (QED) is 0.834. The summed E-state index contributed by atoms with van der Waals surface area (Å²) in [5.74, 6) is -1.05. The molecule has 0 spiro atoms. The van der Waals surface area contributed by atoms with E-state index in [9.17, 15) is 9.59 Å². The minimum Gasteiger partial charge on any atom is -0.481 e. The molecule has 5 nitrogen and oxygen atoms in total. The molecule has 0 radical (unpaired) electrons. The molecule has 1 unspecified atom stereocenters. The number of aryl methyl sites for hydroxylation is 1. The van der Waals surface area contributed by atoms with Crippen molar-refractivity contribution < 1.29 is 14.7 Å². The van der Waals surface area contributed by atoms with Gasteiger partial charge in [-0.05, 0) is 24.0 Å². The molecule has 1 heterocycles. The highest BCUT2D eigenvalue weighted by Crippen LogP contribution is 2.22. The Morgan fingerprint density at radius 3 is 2.55 bits per heavy atom. The number of nitrogens with zero attached hydrogens (tertiary/aromatic N) is 1. The van der Waals surface area contributed by atoms with Gasteiger partial charge < -0.3 is 10.4 Å². The minimum absolute atomic E-state index is 0.0706. The van der Waals surface area contributed by atoms with Gasteiger partial charge in [-0.3, -0.25) is 14.6 Å². The maximum atomic E-state index is 11.9. The molecular formula is C15H22N2O3. The first-order valence-electron chi connectivity index (χ1n) is 6.70. The third-order valence-electron chi connectivity index (χ3n) is 3.09. The highest BCUT2D eigenvalue weighted by Gasteiger charge is 2.28. The van der Waals surface area contributed by atoms with Gasteiger partial charge in [0.05, 0.1) is 6.42 Å². The van der Waals surface area contributed by atoms with Crippen molar-refractivity contribution in [3.63, 3.8) is 0 Å². The number of hydrogen-bond donors (Lipinski definition) is 2. The highest BCUT2D eigenvalue weighted by molar-refractivity contribution is 5.77. The molecule has 0 aromatic carbocycles. The molecule has 20 heavy (non-hydrogen) atoms. The second-order valence-electron chi connectivity index (χ2n) is 5.91. The number of carbonyl (C=O) groups excluding carboxylic acids is 1. The van der Waals surface area contributed by atoms with Crippen molar-refractivity contribution in [1.29, 1.82) is 0 Å². The first kappa shape index (κ1) is 16.1. The van der Waals surface area contributed by atoms with Gasteiger partial charge in [-0.2, -0.15) is 0 Å². The van der Waals surface area contributed by atoms with Crippen LogP contribution in [0.5, 0.6) is 0 Å². The highest BCUT2D eigenvalue weighted by atomic mass is 16.4. The minimum atomic E-state index is -0.907. The number of amides is 1. The summed E-state index contributed by atoms with van der Waals surface area (Å²) < 4.78 is 0. The maximum Gasteiger partial charge on any atom is 0.305 e. The molecule has 1 aromatic rings. The summed E-state index contributed by atoms with van der Waals surface area (Å²) in [6.45, 7) is 5.75. The van der Waals surface area contributed by atoms with Crippen molar-refractivity contribution in [3.05, 3.63) is 30.1 Å². The Bertz CT molecular complexity index is 452. The van der Waals surface area contributed by atoms with Crippen molar-refractivity contribution in [2.24, 2.45) is 5.41 Å². The van der Waals surface area contributed by atoms with E-state index in [-0.39, 0.29) is 23.8 Å². The summed E-state index contributed by atoms with van der Waals surface area (Å²) in [6.07, 6.45) is 2.48. The summed E-state index contributed by atoms with van der Waals surface area (Å²) in [4.78, 5) is 26.9. The van der Waals surface area contributed by atoms with Crippen LogP contribution in [0, 0.1) is 5.41 Å². The molecule has 0 saturated heterocycles. The van der Waals surface area contributed by atoms with Crippen LogP contribution in [-0.2, 0) is 16.0 Å². The zero-order valence-corrected chi connectivity index (χ0v) is 12.2. The predicted molar refractivity (Wildman–Crippen MR) is 76.2 cm³/mol. The van der Waals surface area contributed by atoms with Gasteiger partial charge in [-0.15, -0.1) is 0 Å². The van der Waals surface area contributed by atoms with E-state index in [4.69, 9.17) is 5.11 Å². The molecule has 0 aliphatic carbocycles. The Hall–Kier alpha value is -1.91. The van der Waals surface area contributed by atoms with Gasteiger partial charge in [0.2, 0.25) is 5.91 Å². The molecule has 0 fully saturated rings. The fraction of sp³-hybridized carbons (Fsp3) is 0.533. The lowest BCUT2D eigenvalue weighted by atomic mass is 9.84. The maximum absolute atomic E-state index is 11.9. The fourth-order valence-corrected chi connectivity index (χ4v) is 1.80. The summed E-state index contributed by atoms with van der Waals surface area (Å²) in [5, 5.41) is 11.7. The standard InChI is InChI=1S/C15H22N2O3/c1-15(2,3)12(10-14(19)20)17-13(18)8-7-11-6-4-5-9-16-11/h4-6,9,12H,7-8,10H2,1-3H3,(H,17,18)(H,19,20). The number of rotatable bonds is 6. The second-order valence-corrected chi connectivity index (χ2v) is 5.91. The van der Waals surface area contributed by atoms with Crippen LogP contribution in [0.1, 0.15) is 39.3 Å². The summed E-state index contributed by atoms with van der Waals surface area (Å²) in [6, 6.07) is 5.19. The normalized spacial score (nSPS) is 12.8. The van der Waals surface area contributed by atoms with Gasteiger partial charge >= 0.3 is 5.97 Å². The lowest BCUT2D eigenvalue weighted by molar-refractivity contribution is -0.138. The monoisotopic (exact) mass is 278 g/mol. The third-order valence-corrected chi connectivity index (χ3v) is 3.09. The predicted octanol–water partition coefficient (Wildman–Crippen LogP) is 2.02. The lowest BCUT2D eigenvalue weighted by Gasteiger charge is -2.30. The Balaban J connectivity index is 2.52. The van der Waals surface area contributed by atoms with Gasteiger partial charge in [-0.25, -0.2) is 0 Å². The number of nitrogens with one attached hydrogen (secondary N) is 1. The molecule has 1 amide bonds. The molecule has 1 atom stereocenters. The molecule has 5 heteroatoms. The first-order valence-corrected chi connectivity index (χ1v) is 6.70. The molecule has 0 saturated carbocycles. The number of pyridine rings is 1. The average molecular weight is 278 g/mol. The van der Waals surface area contributed by atoms with Crippen LogP contribution < -0.4 is 5.32 Å². The van der Waals surface area contributed by atoms with E-state index < -0.39 is 5.97 Å². The molecule has 110 valence electrons. The summed E-state index contributed by atoms with van der Waals surface area (Å²) in [7, 11) is 0. The van der Waals surface area contributed by atoms with Gasteiger partial charge in [0.15, 0.2) is 0 Å². The van der Waals surface area contributed by atoms with Crippen molar-refractivity contribution in [3.8, 4) is 0 Å². The summed E-state index contributed by atoms with van der Waals surface area (Å²) >= 11 is 0. The Kier molecular flexibility index (Phi) is 5.67. The van der Waals surface area contributed by atoms with Crippen LogP contribution in [0.15, 0.2) is 24.4 Å². The molecular weight excluding hydrogens is 256 g/mol. The van der Waals surface area contributed by atoms with Crippen LogP contribution in [0.2, 0.25) is 0 Å². The van der Waals surface area contributed by atoms with Crippen LogP contribution >= 0.6 is 0 Å². The van der Waals surface area contributed by atoms with E-state index >= 15 is 0 Å². The van der Waals surface area contributed by atoms with E-state index in [1.54, 1.807) is 6.20 Å². The van der Waals surface area contributed by atoms with Crippen molar-refractivity contribution >= 4 is 11.9 Å².